The van der Waals surface area contributed by atoms with Gasteiger partial charge >= 0.3 is 5.97 Å². The van der Waals surface area contributed by atoms with E-state index in [4.69, 9.17) is 15.9 Å². The monoisotopic (exact) mass is 142 g/mol. The average Bonchev–Trinajstić information content (AvgIpc) is 2.10. The van der Waals surface area contributed by atoms with Crippen LogP contribution in [0.3, 0.4) is 0 Å². The molecule has 1 heterocycles. The van der Waals surface area contributed by atoms with E-state index in [0.717, 1.165) is 0 Å². The van der Waals surface area contributed by atoms with Crippen molar-refractivity contribution in [2.75, 3.05) is 0 Å². The second-order valence-electron chi connectivity index (χ2n) is 2.49. The van der Waals surface area contributed by atoms with Crippen molar-refractivity contribution in [2.24, 2.45) is 11.7 Å². The summed E-state index contributed by atoms with van der Waals surface area (Å²) >= 11 is 0. The zero-order valence-electron chi connectivity index (χ0n) is 5.76. The van der Waals surface area contributed by atoms with E-state index in [1.165, 1.54) is 0 Å². The standard InChI is InChI=1S/C6H10N2O2/c1-3-2-4(5(7)8)6(9)10-3/h3-4H,2H2,1H3,(H3,7,8). The normalized spacial score (nSPS) is 31.9. The van der Waals surface area contributed by atoms with E-state index in [0.29, 0.717) is 6.42 Å². The van der Waals surface area contributed by atoms with Crippen LogP contribution in [0.15, 0.2) is 0 Å². The maximum atomic E-state index is 10.8. The van der Waals surface area contributed by atoms with Gasteiger partial charge in [0.1, 0.15) is 17.9 Å². The zero-order chi connectivity index (χ0) is 7.72. The molecule has 10 heavy (non-hydrogen) atoms. The molecule has 0 aliphatic carbocycles. The van der Waals surface area contributed by atoms with E-state index >= 15 is 0 Å². The van der Waals surface area contributed by atoms with Gasteiger partial charge in [-0.15, -0.1) is 0 Å². The van der Waals surface area contributed by atoms with Gasteiger partial charge in [0.15, 0.2) is 0 Å². The highest BCUT2D eigenvalue weighted by atomic mass is 16.5. The third kappa shape index (κ3) is 1.10. The summed E-state index contributed by atoms with van der Waals surface area (Å²) in [5.41, 5.74) is 5.13. The number of nitrogens with one attached hydrogen (secondary N) is 1. The molecule has 1 rings (SSSR count). The second-order valence-corrected chi connectivity index (χ2v) is 2.49. The topological polar surface area (TPSA) is 76.2 Å². The van der Waals surface area contributed by atoms with Gasteiger partial charge in [-0.3, -0.25) is 10.2 Å². The molecule has 56 valence electrons. The Morgan fingerprint density at radius 1 is 1.90 bits per heavy atom. The molecule has 0 aromatic rings. The summed E-state index contributed by atoms with van der Waals surface area (Å²) in [5, 5.41) is 6.99. The number of cyclic esters (lactones) is 1. The van der Waals surface area contributed by atoms with Gasteiger partial charge in [-0.05, 0) is 6.92 Å². The van der Waals surface area contributed by atoms with Crippen LogP contribution in [0, 0.1) is 11.3 Å². The number of hydrogen-bond donors (Lipinski definition) is 2. The summed E-state index contributed by atoms with van der Waals surface area (Å²) < 4.78 is 4.78. The molecular formula is C6H10N2O2. The molecule has 0 aromatic carbocycles. The summed E-state index contributed by atoms with van der Waals surface area (Å²) in [5.74, 6) is -0.940. The minimum absolute atomic E-state index is 0.0820. The van der Waals surface area contributed by atoms with Crippen molar-refractivity contribution in [3.05, 3.63) is 0 Å². The minimum Gasteiger partial charge on any atom is -0.462 e. The molecule has 0 amide bonds. The van der Waals surface area contributed by atoms with Crippen molar-refractivity contribution in [2.45, 2.75) is 19.4 Å². The molecule has 4 nitrogen and oxygen atoms in total. The first kappa shape index (κ1) is 7.05. The number of rotatable bonds is 1. The lowest BCUT2D eigenvalue weighted by Crippen LogP contribution is -2.25. The highest BCUT2D eigenvalue weighted by molar-refractivity contribution is 5.99. The van der Waals surface area contributed by atoms with Crippen LogP contribution in [0.2, 0.25) is 0 Å². The van der Waals surface area contributed by atoms with E-state index < -0.39 is 5.92 Å². The average molecular weight is 142 g/mol. The fraction of sp³-hybridized carbons (Fsp3) is 0.667. The SMILES string of the molecule is CC1CC(C(=N)N)C(=O)O1. The van der Waals surface area contributed by atoms with Crippen molar-refractivity contribution in [1.29, 1.82) is 5.41 Å². The highest BCUT2D eigenvalue weighted by Crippen LogP contribution is 2.19. The zero-order valence-corrected chi connectivity index (χ0v) is 5.76. The van der Waals surface area contributed by atoms with Crippen molar-refractivity contribution in [3.63, 3.8) is 0 Å². The molecule has 3 N–H and O–H groups in total. The van der Waals surface area contributed by atoms with Gasteiger partial charge in [-0.25, -0.2) is 0 Å². The van der Waals surface area contributed by atoms with E-state index in [1.807, 2.05) is 0 Å². The number of esters is 1. The molecule has 0 saturated carbocycles. The summed E-state index contributed by atoms with van der Waals surface area (Å²) in [6.07, 6.45) is 0.468. The van der Waals surface area contributed by atoms with Gasteiger partial charge in [0, 0.05) is 6.42 Å². The number of ether oxygens (including phenoxy) is 1. The van der Waals surface area contributed by atoms with Crippen LogP contribution in [0.1, 0.15) is 13.3 Å². The van der Waals surface area contributed by atoms with Gasteiger partial charge in [0.25, 0.3) is 0 Å². The Balaban J connectivity index is 2.63. The Labute approximate surface area is 58.9 Å². The van der Waals surface area contributed by atoms with Crippen molar-refractivity contribution in [1.82, 2.24) is 0 Å². The maximum absolute atomic E-state index is 10.8. The van der Waals surface area contributed by atoms with Crippen LogP contribution in [-0.4, -0.2) is 17.9 Å². The molecule has 0 bridgehead atoms. The quantitative estimate of drug-likeness (QED) is 0.304. The molecule has 2 atom stereocenters. The van der Waals surface area contributed by atoms with Gasteiger partial charge in [0.05, 0.1) is 0 Å². The molecule has 2 unspecified atom stereocenters. The predicted molar refractivity (Wildman–Crippen MR) is 35.6 cm³/mol. The Morgan fingerprint density at radius 3 is 2.70 bits per heavy atom. The lowest BCUT2D eigenvalue weighted by molar-refractivity contribution is -0.142. The molecule has 0 radical (unpaired) electrons. The molecule has 0 aromatic heterocycles. The third-order valence-electron chi connectivity index (χ3n) is 1.54. The molecule has 1 aliphatic heterocycles. The molecule has 1 aliphatic rings. The third-order valence-corrected chi connectivity index (χ3v) is 1.54. The van der Waals surface area contributed by atoms with Crippen molar-refractivity contribution < 1.29 is 9.53 Å². The van der Waals surface area contributed by atoms with Gasteiger partial charge in [0.2, 0.25) is 0 Å². The van der Waals surface area contributed by atoms with Crippen LogP contribution in [0.25, 0.3) is 0 Å². The minimum atomic E-state index is -0.491. The van der Waals surface area contributed by atoms with Gasteiger partial charge in [-0.1, -0.05) is 0 Å². The number of carbonyl (C=O) groups excluding carboxylic acids is 1. The van der Waals surface area contributed by atoms with E-state index in [1.54, 1.807) is 6.92 Å². The Bertz CT molecular complexity index is 179. The fourth-order valence-corrected chi connectivity index (χ4v) is 1.01. The Hall–Kier alpha value is -1.06. The maximum Gasteiger partial charge on any atom is 0.316 e. The van der Waals surface area contributed by atoms with E-state index in [-0.39, 0.29) is 17.9 Å². The van der Waals surface area contributed by atoms with Gasteiger partial charge in [-0.2, -0.15) is 0 Å². The van der Waals surface area contributed by atoms with Crippen molar-refractivity contribution in [3.8, 4) is 0 Å². The summed E-state index contributed by atoms with van der Waals surface area (Å²) in [4.78, 5) is 10.8. The van der Waals surface area contributed by atoms with E-state index in [9.17, 15) is 4.79 Å². The first-order valence-electron chi connectivity index (χ1n) is 3.15. The van der Waals surface area contributed by atoms with Crippen molar-refractivity contribution >= 4 is 11.8 Å². The summed E-state index contributed by atoms with van der Waals surface area (Å²) in [6.45, 7) is 1.79. The lowest BCUT2D eigenvalue weighted by atomic mass is 10.1. The first-order chi connectivity index (χ1) is 4.61. The number of nitrogens with two attached hydrogens (primary N) is 1. The Morgan fingerprint density at radius 2 is 2.50 bits per heavy atom. The van der Waals surface area contributed by atoms with Crippen LogP contribution in [0.5, 0.6) is 0 Å². The summed E-state index contributed by atoms with van der Waals surface area (Å²) in [7, 11) is 0. The molecular weight excluding hydrogens is 132 g/mol. The predicted octanol–water partition coefficient (Wildman–Crippen LogP) is -0.126. The van der Waals surface area contributed by atoms with E-state index in [2.05, 4.69) is 0 Å². The Kier molecular flexibility index (Phi) is 1.61. The van der Waals surface area contributed by atoms with Crippen LogP contribution in [0.4, 0.5) is 0 Å². The molecule has 1 saturated heterocycles. The molecule has 1 fully saturated rings. The first-order valence-corrected chi connectivity index (χ1v) is 3.15. The smallest absolute Gasteiger partial charge is 0.316 e. The van der Waals surface area contributed by atoms with Gasteiger partial charge < -0.3 is 10.5 Å². The second kappa shape index (κ2) is 2.28. The number of amidine groups is 1. The number of hydrogen-bond acceptors (Lipinski definition) is 3. The van der Waals surface area contributed by atoms with Crippen LogP contribution >= 0.6 is 0 Å². The molecule has 0 spiro atoms. The largest absolute Gasteiger partial charge is 0.462 e. The molecule has 4 heteroatoms. The highest BCUT2D eigenvalue weighted by Gasteiger charge is 2.33. The fourth-order valence-electron chi connectivity index (χ4n) is 1.01. The summed E-state index contributed by atoms with van der Waals surface area (Å²) in [6, 6.07) is 0. The van der Waals surface area contributed by atoms with Crippen LogP contribution in [-0.2, 0) is 9.53 Å². The lowest BCUT2D eigenvalue weighted by Gasteiger charge is -1.98. The number of carbonyl (C=O) groups is 1. The van der Waals surface area contributed by atoms with Crippen LogP contribution < -0.4 is 5.73 Å².